The molecule has 4 nitrogen and oxygen atoms in total. The Kier molecular flexibility index (Phi) is 2.33. The Bertz CT molecular complexity index is 412. The summed E-state index contributed by atoms with van der Waals surface area (Å²) in [6.07, 6.45) is 0. The van der Waals surface area contributed by atoms with E-state index in [9.17, 15) is 0 Å². The highest BCUT2D eigenvalue weighted by molar-refractivity contribution is 9.10. The highest BCUT2D eigenvalue weighted by Gasteiger charge is 2.49. The molecule has 1 aromatic rings. The van der Waals surface area contributed by atoms with Crippen molar-refractivity contribution in [3.63, 3.8) is 0 Å². The first-order chi connectivity index (χ1) is 7.72. The molecule has 0 radical (unpaired) electrons. The number of rotatable bonds is 2. The van der Waals surface area contributed by atoms with Gasteiger partial charge >= 0.3 is 0 Å². The number of pyridine rings is 1. The van der Waals surface area contributed by atoms with Gasteiger partial charge in [-0.1, -0.05) is 0 Å². The number of ether oxygens (including phenoxy) is 2. The molecular formula is C11H13BrN2O2. The molecule has 5 heteroatoms. The lowest BCUT2D eigenvalue weighted by atomic mass is 9.78. The third-order valence-electron chi connectivity index (χ3n) is 3.19. The van der Waals surface area contributed by atoms with Crippen molar-refractivity contribution in [1.82, 2.24) is 4.98 Å². The molecule has 2 aliphatic heterocycles. The summed E-state index contributed by atoms with van der Waals surface area (Å²) in [6, 6.07) is 3.99. The summed E-state index contributed by atoms with van der Waals surface area (Å²) in [5, 5.41) is 0. The minimum Gasteiger partial charge on any atom is -0.480 e. The summed E-state index contributed by atoms with van der Waals surface area (Å²) in [5.74, 6) is 1.63. The van der Waals surface area contributed by atoms with E-state index >= 15 is 0 Å². The maximum atomic E-state index is 5.25. The molecule has 86 valence electrons. The number of hydrogen-bond acceptors (Lipinski definition) is 4. The zero-order valence-electron chi connectivity index (χ0n) is 9.07. The van der Waals surface area contributed by atoms with E-state index in [-0.39, 0.29) is 0 Å². The summed E-state index contributed by atoms with van der Waals surface area (Å²) in [5.41, 5.74) is 0.419. The van der Waals surface area contributed by atoms with Crippen LogP contribution in [0, 0.1) is 5.41 Å². The van der Waals surface area contributed by atoms with Crippen LogP contribution in [-0.4, -0.2) is 38.4 Å². The third-order valence-corrected chi connectivity index (χ3v) is 3.79. The first kappa shape index (κ1) is 10.4. The highest BCUT2D eigenvalue weighted by Crippen LogP contribution is 2.40. The van der Waals surface area contributed by atoms with Crippen LogP contribution in [0.25, 0.3) is 0 Å². The molecule has 0 aliphatic carbocycles. The lowest BCUT2D eigenvalue weighted by Crippen LogP contribution is -2.66. The van der Waals surface area contributed by atoms with Crippen LogP contribution in [0.2, 0.25) is 0 Å². The fourth-order valence-corrected chi connectivity index (χ4v) is 2.61. The van der Waals surface area contributed by atoms with Crippen LogP contribution in [0.3, 0.4) is 0 Å². The number of hydrogen-bond donors (Lipinski definition) is 0. The quantitative estimate of drug-likeness (QED) is 0.828. The van der Waals surface area contributed by atoms with Gasteiger partial charge in [-0.15, -0.1) is 0 Å². The number of aromatic nitrogens is 1. The van der Waals surface area contributed by atoms with Crippen LogP contribution in [0.1, 0.15) is 0 Å². The van der Waals surface area contributed by atoms with Crippen LogP contribution in [0.4, 0.5) is 5.82 Å². The number of nitrogens with zero attached hydrogens (tertiary/aromatic N) is 2. The van der Waals surface area contributed by atoms with E-state index in [2.05, 4.69) is 25.8 Å². The van der Waals surface area contributed by atoms with Crippen molar-refractivity contribution >= 4 is 21.7 Å². The Labute approximate surface area is 103 Å². The van der Waals surface area contributed by atoms with Crippen molar-refractivity contribution < 1.29 is 9.47 Å². The summed E-state index contributed by atoms with van der Waals surface area (Å²) < 4.78 is 11.3. The molecule has 0 aromatic carbocycles. The van der Waals surface area contributed by atoms with Gasteiger partial charge in [0.15, 0.2) is 0 Å². The average Bonchev–Trinajstić information content (AvgIpc) is 2.16. The molecule has 3 heterocycles. The monoisotopic (exact) mass is 284 g/mol. The Hall–Kier alpha value is -0.810. The molecular weight excluding hydrogens is 272 g/mol. The Morgan fingerprint density at radius 2 is 2.19 bits per heavy atom. The molecule has 2 saturated heterocycles. The zero-order chi connectivity index (χ0) is 11.2. The third kappa shape index (κ3) is 1.50. The van der Waals surface area contributed by atoms with Crippen LogP contribution in [-0.2, 0) is 4.74 Å². The molecule has 2 fully saturated rings. The Balaban J connectivity index is 1.75. The molecule has 0 saturated carbocycles. The fraction of sp³-hybridized carbons (Fsp3) is 0.545. The van der Waals surface area contributed by atoms with Gasteiger partial charge in [0.25, 0.3) is 0 Å². The molecule has 16 heavy (non-hydrogen) atoms. The van der Waals surface area contributed by atoms with Crippen LogP contribution < -0.4 is 9.64 Å². The molecule has 0 atom stereocenters. The Morgan fingerprint density at radius 3 is 2.75 bits per heavy atom. The van der Waals surface area contributed by atoms with Gasteiger partial charge in [0.05, 0.1) is 30.2 Å². The maximum absolute atomic E-state index is 5.25. The van der Waals surface area contributed by atoms with E-state index in [1.165, 1.54) is 0 Å². The van der Waals surface area contributed by atoms with E-state index in [4.69, 9.17) is 9.47 Å². The lowest BCUT2D eigenvalue weighted by Gasteiger charge is -2.55. The van der Waals surface area contributed by atoms with Gasteiger partial charge in [-0.25, -0.2) is 0 Å². The van der Waals surface area contributed by atoms with Gasteiger partial charge in [-0.2, -0.15) is 4.98 Å². The predicted molar refractivity (Wildman–Crippen MR) is 64.0 cm³/mol. The van der Waals surface area contributed by atoms with Crippen molar-refractivity contribution in [3.05, 3.63) is 16.6 Å². The standard InChI is InChI=1S/C11H13BrN2O2/c1-15-10-8(12)2-3-9(13-10)14-4-11(5-14)6-16-7-11/h2-3H,4-7H2,1H3. The van der Waals surface area contributed by atoms with E-state index in [0.29, 0.717) is 11.3 Å². The van der Waals surface area contributed by atoms with Gasteiger partial charge in [0.2, 0.25) is 5.88 Å². The van der Waals surface area contributed by atoms with E-state index in [1.807, 2.05) is 12.1 Å². The van der Waals surface area contributed by atoms with Crippen LogP contribution in [0.15, 0.2) is 16.6 Å². The highest BCUT2D eigenvalue weighted by atomic mass is 79.9. The number of methoxy groups -OCH3 is 1. The van der Waals surface area contributed by atoms with E-state index in [1.54, 1.807) is 7.11 Å². The molecule has 0 amide bonds. The van der Waals surface area contributed by atoms with Crippen LogP contribution >= 0.6 is 15.9 Å². The summed E-state index contributed by atoms with van der Waals surface area (Å²) in [6.45, 7) is 3.89. The van der Waals surface area contributed by atoms with Crippen molar-refractivity contribution in [3.8, 4) is 5.88 Å². The maximum Gasteiger partial charge on any atom is 0.229 e. The lowest BCUT2D eigenvalue weighted by molar-refractivity contribution is -0.127. The largest absolute Gasteiger partial charge is 0.480 e. The summed E-state index contributed by atoms with van der Waals surface area (Å²) in [7, 11) is 1.63. The second-order valence-corrected chi connectivity index (χ2v) is 5.36. The molecule has 0 unspecified atom stereocenters. The fourth-order valence-electron chi connectivity index (χ4n) is 2.23. The predicted octanol–water partition coefficient (Wildman–Crippen LogP) is 1.69. The van der Waals surface area contributed by atoms with Gasteiger partial charge in [-0.3, -0.25) is 0 Å². The SMILES string of the molecule is COc1nc(N2CC3(COC3)C2)ccc1Br. The van der Waals surface area contributed by atoms with Crippen molar-refractivity contribution in [2.45, 2.75) is 0 Å². The Morgan fingerprint density at radius 1 is 1.44 bits per heavy atom. The molecule has 1 spiro atoms. The summed E-state index contributed by atoms with van der Waals surface area (Å²) in [4.78, 5) is 6.71. The second-order valence-electron chi connectivity index (χ2n) is 4.51. The zero-order valence-corrected chi connectivity index (χ0v) is 10.7. The van der Waals surface area contributed by atoms with Crippen molar-refractivity contribution in [1.29, 1.82) is 0 Å². The minimum absolute atomic E-state index is 0.419. The normalized spacial score (nSPS) is 21.5. The van der Waals surface area contributed by atoms with Gasteiger partial charge < -0.3 is 14.4 Å². The van der Waals surface area contributed by atoms with Gasteiger partial charge in [-0.05, 0) is 28.1 Å². The van der Waals surface area contributed by atoms with Crippen LogP contribution in [0.5, 0.6) is 5.88 Å². The second kappa shape index (κ2) is 3.60. The van der Waals surface area contributed by atoms with Gasteiger partial charge in [0, 0.05) is 13.1 Å². The first-order valence-corrected chi connectivity index (χ1v) is 6.05. The number of halogens is 1. The summed E-state index contributed by atoms with van der Waals surface area (Å²) >= 11 is 3.40. The molecule has 1 aromatic heterocycles. The smallest absolute Gasteiger partial charge is 0.229 e. The molecule has 3 rings (SSSR count). The molecule has 2 aliphatic rings. The van der Waals surface area contributed by atoms with Gasteiger partial charge in [0.1, 0.15) is 5.82 Å². The molecule has 0 bridgehead atoms. The van der Waals surface area contributed by atoms with E-state index < -0.39 is 0 Å². The minimum atomic E-state index is 0.419. The topological polar surface area (TPSA) is 34.6 Å². The first-order valence-electron chi connectivity index (χ1n) is 5.26. The molecule has 0 N–H and O–H groups in total. The number of anilines is 1. The van der Waals surface area contributed by atoms with E-state index in [0.717, 1.165) is 36.6 Å². The van der Waals surface area contributed by atoms with Crippen molar-refractivity contribution in [2.75, 3.05) is 38.3 Å². The average molecular weight is 285 g/mol. The van der Waals surface area contributed by atoms with Crippen molar-refractivity contribution in [2.24, 2.45) is 5.41 Å².